The van der Waals surface area contributed by atoms with Crippen molar-refractivity contribution in [3.63, 3.8) is 0 Å². The first-order chi connectivity index (χ1) is 8.16. The van der Waals surface area contributed by atoms with Gasteiger partial charge in [-0.2, -0.15) is 0 Å². The van der Waals surface area contributed by atoms with E-state index in [-0.39, 0.29) is 29.8 Å². The topological polar surface area (TPSA) is 78.4 Å². The van der Waals surface area contributed by atoms with Crippen molar-refractivity contribution in [2.75, 3.05) is 13.1 Å². The maximum absolute atomic E-state index is 11.8. The highest BCUT2D eigenvalue weighted by Gasteiger charge is 2.29. The Balaban J connectivity index is 1.73. The van der Waals surface area contributed by atoms with Gasteiger partial charge >= 0.3 is 0 Å². The van der Waals surface area contributed by atoms with Crippen LogP contribution in [-0.4, -0.2) is 36.1 Å². The van der Waals surface area contributed by atoms with Gasteiger partial charge in [0, 0.05) is 25.4 Å². The predicted molar refractivity (Wildman–Crippen MR) is 62.1 cm³/mol. The summed E-state index contributed by atoms with van der Waals surface area (Å²) in [6.45, 7) is 0.975. The Kier molecular flexibility index (Phi) is 3.99. The van der Waals surface area contributed by atoms with Crippen molar-refractivity contribution in [2.45, 2.75) is 38.2 Å². The van der Waals surface area contributed by atoms with E-state index >= 15 is 0 Å². The molecule has 1 saturated heterocycles. The number of amides is 2. The van der Waals surface area contributed by atoms with Crippen molar-refractivity contribution < 1.29 is 14.7 Å². The monoisotopic (exact) mass is 240 g/mol. The first-order valence-corrected chi connectivity index (χ1v) is 6.39. The van der Waals surface area contributed by atoms with Gasteiger partial charge in [0.2, 0.25) is 11.8 Å². The summed E-state index contributed by atoms with van der Waals surface area (Å²) in [5, 5.41) is 15.3. The summed E-state index contributed by atoms with van der Waals surface area (Å²) >= 11 is 0. The molecule has 3 N–H and O–H groups in total. The molecule has 3 unspecified atom stereocenters. The Bertz CT molecular complexity index is 306. The SMILES string of the molecule is O=C1CC(C(=O)NCC2CCCCC2O)CN1. The van der Waals surface area contributed by atoms with Gasteiger partial charge in [-0.3, -0.25) is 9.59 Å². The zero-order valence-corrected chi connectivity index (χ0v) is 9.95. The van der Waals surface area contributed by atoms with Gasteiger partial charge in [0.1, 0.15) is 0 Å². The molecule has 1 aliphatic carbocycles. The van der Waals surface area contributed by atoms with Crippen LogP contribution in [0.2, 0.25) is 0 Å². The predicted octanol–water partition coefficient (Wildman–Crippen LogP) is -0.210. The Hall–Kier alpha value is -1.10. The lowest BCUT2D eigenvalue weighted by molar-refractivity contribution is -0.126. The molecule has 0 spiro atoms. The number of aliphatic hydroxyl groups excluding tert-OH is 1. The number of aliphatic hydroxyl groups is 1. The maximum Gasteiger partial charge on any atom is 0.225 e. The second-order valence-electron chi connectivity index (χ2n) is 5.06. The van der Waals surface area contributed by atoms with Crippen LogP contribution >= 0.6 is 0 Å². The first kappa shape index (κ1) is 12.4. The fourth-order valence-corrected chi connectivity index (χ4v) is 2.59. The fourth-order valence-electron chi connectivity index (χ4n) is 2.59. The van der Waals surface area contributed by atoms with Gasteiger partial charge in [-0.1, -0.05) is 12.8 Å². The zero-order valence-electron chi connectivity index (χ0n) is 9.95. The van der Waals surface area contributed by atoms with E-state index in [2.05, 4.69) is 10.6 Å². The summed E-state index contributed by atoms with van der Waals surface area (Å²) in [7, 11) is 0. The molecule has 2 rings (SSSR count). The van der Waals surface area contributed by atoms with Gasteiger partial charge in [-0.25, -0.2) is 0 Å². The van der Waals surface area contributed by atoms with Crippen molar-refractivity contribution >= 4 is 11.8 Å². The van der Waals surface area contributed by atoms with Gasteiger partial charge in [0.25, 0.3) is 0 Å². The molecule has 3 atom stereocenters. The molecule has 1 aliphatic heterocycles. The van der Waals surface area contributed by atoms with Crippen molar-refractivity contribution in [3.8, 4) is 0 Å². The van der Waals surface area contributed by atoms with Crippen LogP contribution in [0.4, 0.5) is 0 Å². The average Bonchev–Trinajstić information content (AvgIpc) is 2.74. The third-order valence-electron chi connectivity index (χ3n) is 3.76. The second-order valence-corrected chi connectivity index (χ2v) is 5.06. The van der Waals surface area contributed by atoms with E-state index in [1.54, 1.807) is 0 Å². The van der Waals surface area contributed by atoms with E-state index in [0.717, 1.165) is 25.7 Å². The van der Waals surface area contributed by atoms with Crippen LogP contribution in [0, 0.1) is 11.8 Å². The van der Waals surface area contributed by atoms with E-state index < -0.39 is 0 Å². The molecule has 2 fully saturated rings. The van der Waals surface area contributed by atoms with Crippen LogP contribution in [-0.2, 0) is 9.59 Å². The van der Waals surface area contributed by atoms with Gasteiger partial charge < -0.3 is 15.7 Å². The molecule has 0 aromatic heterocycles. The van der Waals surface area contributed by atoms with Gasteiger partial charge in [0.15, 0.2) is 0 Å². The molecule has 17 heavy (non-hydrogen) atoms. The van der Waals surface area contributed by atoms with Crippen LogP contribution in [0.5, 0.6) is 0 Å². The lowest BCUT2D eigenvalue weighted by Gasteiger charge is -2.27. The maximum atomic E-state index is 11.8. The van der Waals surface area contributed by atoms with Crippen molar-refractivity contribution in [1.82, 2.24) is 10.6 Å². The number of carbonyl (C=O) groups excluding carboxylic acids is 2. The minimum atomic E-state index is -0.285. The molecule has 0 radical (unpaired) electrons. The molecule has 0 aromatic carbocycles. The standard InChI is InChI=1S/C12H20N2O3/c15-10-4-2-1-3-8(10)6-14-12(17)9-5-11(16)13-7-9/h8-10,15H,1-7H2,(H,13,16)(H,14,17). The molecule has 0 bridgehead atoms. The fraction of sp³-hybridized carbons (Fsp3) is 0.833. The van der Waals surface area contributed by atoms with E-state index in [4.69, 9.17) is 0 Å². The number of hydrogen-bond acceptors (Lipinski definition) is 3. The van der Waals surface area contributed by atoms with Gasteiger partial charge in [-0.05, 0) is 12.8 Å². The summed E-state index contributed by atoms with van der Waals surface area (Å²) in [6, 6.07) is 0. The normalized spacial score (nSPS) is 33.2. The lowest BCUT2D eigenvalue weighted by Crippen LogP contribution is -2.39. The summed E-state index contributed by atoms with van der Waals surface area (Å²) in [6.07, 6.45) is 4.02. The number of hydrogen-bond donors (Lipinski definition) is 3. The molecule has 2 aliphatic rings. The Morgan fingerprint density at radius 1 is 1.41 bits per heavy atom. The molecule has 96 valence electrons. The number of nitrogens with one attached hydrogen (secondary N) is 2. The van der Waals surface area contributed by atoms with E-state index in [9.17, 15) is 14.7 Å². The third-order valence-corrected chi connectivity index (χ3v) is 3.76. The number of rotatable bonds is 3. The molecular formula is C12H20N2O3. The van der Waals surface area contributed by atoms with Gasteiger partial charge in [-0.15, -0.1) is 0 Å². The average molecular weight is 240 g/mol. The summed E-state index contributed by atoms with van der Waals surface area (Å²) in [5.74, 6) is -0.176. The van der Waals surface area contributed by atoms with Crippen molar-refractivity contribution in [2.24, 2.45) is 11.8 Å². The molecule has 1 saturated carbocycles. The van der Waals surface area contributed by atoms with E-state index in [1.165, 1.54) is 0 Å². The third kappa shape index (κ3) is 3.19. The molecule has 0 aromatic rings. The lowest BCUT2D eigenvalue weighted by atomic mass is 9.86. The largest absolute Gasteiger partial charge is 0.393 e. The van der Waals surface area contributed by atoms with E-state index in [1.807, 2.05) is 0 Å². The highest BCUT2D eigenvalue weighted by atomic mass is 16.3. The van der Waals surface area contributed by atoms with Crippen LogP contribution < -0.4 is 10.6 Å². The molecule has 1 heterocycles. The van der Waals surface area contributed by atoms with Crippen LogP contribution in [0.25, 0.3) is 0 Å². The molecule has 2 amide bonds. The smallest absolute Gasteiger partial charge is 0.225 e. The Morgan fingerprint density at radius 2 is 2.18 bits per heavy atom. The van der Waals surface area contributed by atoms with E-state index in [0.29, 0.717) is 19.5 Å². The highest BCUT2D eigenvalue weighted by Crippen LogP contribution is 2.23. The molecular weight excluding hydrogens is 220 g/mol. The minimum Gasteiger partial charge on any atom is -0.393 e. The van der Waals surface area contributed by atoms with Crippen LogP contribution in [0.1, 0.15) is 32.1 Å². The minimum absolute atomic E-state index is 0.0529. The number of carbonyl (C=O) groups is 2. The van der Waals surface area contributed by atoms with Crippen LogP contribution in [0.3, 0.4) is 0 Å². The second kappa shape index (κ2) is 5.49. The molecule has 5 nitrogen and oxygen atoms in total. The van der Waals surface area contributed by atoms with Crippen molar-refractivity contribution in [1.29, 1.82) is 0 Å². The van der Waals surface area contributed by atoms with Gasteiger partial charge in [0.05, 0.1) is 12.0 Å². The van der Waals surface area contributed by atoms with Crippen LogP contribution in [0.15, 0.2) is 0 Å². The quantitative estimate of drug-likeness (QED) is 0.638. The zero-order chi connectivity index (χ0) is 12.3. The Morgan fingerprint density at radius 3 is 2.82 bits per heavy atom. The summed E-state index contributed by atoms with van der Waals surface area (Å²) in [5.41, 5.74) is 0. The Labute approximate surface area is 101 Å². The summed E-state index contributed by atoms with van der Waals surface area (Å²) in [4.78, 5) is 22.7. The van der Waals surface area contributed by atoms with Crippen molar-refractivity contribution in [3.05, 3.63) is 0 Å². The highest BCUT2D eigenvalue weighted by molar-refractivity contribution is 5.89. The molecule has 5 heteroatoms. The first-order valence-electron chi connectivity index (χ1n) is 6.39. The summed E-state index contributed by atoms with van der Waals surface area (Å²) < 4.78 is 0.